The number of furan rings is 1. The smallest absolute Gasteiger partial charge is 0.407 e. The molecule has 5 nitrogen and oxygen atoms in total. The Kier molecular flexibility index (Phi) is 3.60. The van der Waals surface area contributed by atoms with Crippen molar-refractivity contribution in [2.75, 3.05) is 13.1 Å². The number of amides is 1. The van der Waals surface area contributed by atoms with Gasteiger partial charge in [0.2, 0.25) is 0 Å². The number of benzene rings is 1. The van der Waals surface area contributed by atoms with Crippen LogP contribution in [0.15, 0.2) is 34.7 Å². The molecule has 2 N–H and O–H groups in total. The van der Waals surface area contributed by atoms with Gasteiger partial charge in [-0.1, -0.05) is 18.2 Å². The Bertz CT molecular complexity index is 575. The normalized spacial score (nSPS) is 18.8. The van der Waals surface area contributed by atoms with Gasteiger partial charge in [-0.15, -0.1) is 0 Å². The van der Waals surface area contributed by atoms with Gasteiger partial charge in [0.15, 0.2) is 0 Å². The highest BCUT2D eigenvalue weighted by Crippen LogP contribution is 2.19. The SMILES string of the molecule is O=C(O)N1CCC[C@H]1CNCc1cc2ccccc2o1. The minimum Gasteiger partial charge on any atom is -0.465 e. The van der Waals surface area contributed by atoms with E-state index < -0.39 is 6.09 Å². The molecule has 1 aliphatic rings. The van der Waals surface area contributed by atoms with E-state index in [0.29, 0.717) is 19.6 Å². The molecule has 1 amide bonds. The van der Waals surface area contributed by atoms with E-state index >= 15 is 0 Å². The van der Waals surface area contributed by atoms with Gasteiger partial charge in [0, 0.05) is 24.5 Å². The Labute approximate surface area is 117 Å². The van der Waals surface area contributed by atoms with Crippen LogP contribution < -0.4 is 5.32 Å². The first-order valence-corrected chi connectivity index (χ1v) is 6.92. The first-order valence-electron chi connectivity index (χ1n) is 6.92. The van der Waals surface area contributed by atoms with E-state index in [4.69, 9.17) is 9.52 Å². The maximum Gasteiger partial charge on any atom is 0.407 e. The van der Waals surface area contributed by atoms with Gasteiger partial charge in [0.05, 0.1) is 6.54 Å². The van der Waals surface area contributed by atoms with Crippen molar-refractivity contribution in [3.8, 4) is 0 Å². The van der Waals surface area contributed by atoms with Crippen molar-refractivity contribution in [2.45, 2.75) is 25.4 Å². The summed E-state index contributed by atoms with van der Waals surface area (Å²) in [5, 5.41) is 13.5. The molecule has 0 spiro atoms. The highest BCUT2D eigenvalue weighted by atomic mass is 16.4. The van der Waals surface area contributed by atoms with Crippen LogP contribution in [0.2, 0.25) is 0 Å². The molecule has 2 heterocycles. The number of carboxylic acid groups (broad SMARTS) is 1. The first-order chi connectivity index (χ1) is 9.74. The van der Waals surface area contributed by atoms with Gasteiger partial charge in [0.1, 0.15) is 11.3 Å². The topological polar surface area (TPSA) is 65.7 Å². The van der Waals surface area contributed by atoms with Crippen molar-refractivity contribution >= 4 is 17.1 Å². The number of rotatable bonds is 4. The lowest BCUT2D eigenvalue weighted by Crippen LogP contribution is -2.40. The average Bonchev–Trinajstić information content (AvgIpc) is 3.04. The number of nitrogens with one attached hydrogen (secondary N) is 1. The van der Waals surface area contributed by atoms with Crippen molar-refractivity contribution in [1.82, 2.24) is 10.2 Å². The zero-order chi connectivity index (χ0) is 13.9. The van der Waals surface area contributed by atoms with Crippen molar-refractivity contribution in [3.05, 3.63) is 36.1 Å². The van der Waals surface area contributed by atoms with Crippen LogP contribution in [-0.4, -0.2) is 35.2 Å². The first kappa shape index (κ1) is 13.0. The maximum atomic E-state index is 11.0. The lowest BCUT2D eigenvalue weighted by atomic mass is 10.2. The number of hydrogen-bond acceptors (Lipinski definition) is 3. The summed E-state index contributed by atoms with van der Waals surface area (Å²) in [6.45, 7) is 1.94. The summed E-state index contributed by atoms with van der Waals surface area (Å²) in [5.74, 6) is 0.881. The van der Waals surface area contributed by atoms with Crippen LogP contribution in [0.25, 0.3) is 11.0 Å². The second-order valence-corrected chi connectivity index (χ2v) is 5.15. The maximum absolute atomic E-state index is 11.0. The van der Waals surface area contributed by atoms with Crippen LogP contribution in [0.4, 0.5) is 4.79 Å². The van der Waals surface area contributed by atoms with Gasteiger partial charge in [-0.05, 0) is 25.0 Å². The van der Waals surface area contributed by atoms with Crippen molar-refractivity contribution in [2.24, 2.45) is 0 Å². The summed E-state index contributed by atoms with van der Waals surface area (Å²) in [7, 11) is 0. The minimum atomic E-state index is -0.821. The quantitative estimate of drug-likeness (QED) is 0.899. The van der Waals surface area contributed by atoms with Crippen molar-refractivity contribution in [3.63, 3.8) is 0 Å². The van der Waals surface area contributed by atoms with Crippen LogP contribution in [0.1, 0.15) is 18.6 Å². The predicted molar refractivity (Wildman–Crippen MR) is 75.7 cm³/mol. The Morgan fingerprint density at radius 2 is 2.30 bits per heavy atom. The third-order valence-electron chi connectivity index (χ3n) is 3.78. The van der Waals surface area contributed by atoms with Crippen LogP contribution in [-0.2, 0) is 6.54 Å². The number of nitrogens with zero attached hydrogens (tertiary/aromatic N) is 1. The summed E-state index contributed by atoms with van der Waals surface area (Å²) >= 11 is 0. The lowest BCUT2D eigenvalue weighted by Gasteiger charge is -2.21. The Hall–Kier alpha value is -2.01. The second kappa shape index (κ2) is 5.54. The summed E-state index contributed by atoms with van der Waals surface area (Å²) in [6, 6.07) is 10.0. The summed E-state index contributed by atoms with van der Waals surface area (Å²) in [5.41, 5.74) is 0.886. The van der Waals surface area contributed by atoms with E-state index in [0.717, 1.165) is 29.6 Å². The molecule has 0 saturated carbocycles. The fraction of sp³-hybridized carbons (Fsp3) is 0.400. The lowest BCUT2D eigenvalue weighted by molar-refractivity contribution is 0.139. The van der Waals surface area contributed by atoms with Gasteiger partial charge in [0.25, 0.3) is 0 Å². The number of fused-ring (bicyclic) bond motifs is 1. The van der Waals surface area contributed by atoms with E-state index in [1.807, 2.05) is 30.3 Å². The zero-order valence-corrected chi connectivity index (χ0v) is 11.2. The fourth-order valence-electron chi connectivity index (χ4n) is 2.79. The highest BCUT2D eigenvalue weighted by Gasteiger charge is 2.27. The van der Waals surface area contributed by atoms with E-state index in [1.165, 1.54) is 4.90 Å². The van der Waals surface area contributed by atoms with Gasteiger partial charge in [-0.25, -0.2) is 4.79 Å². The molecule has 3 rings (SSSR count). The second-order valence-electron chi connectivity index (χ2n) is 5.15. The largest absolute Gasteiger partial charge is 0.465 e. The Morgan fingerprint density at radius 1 is 1.45 bits per heavy atom. The molecule has 0 radical (unpaired) electrons. The van der Waals surface area contributed by atoms with Crippen LogP contribution in [0.3, 0.4) is 0 Å². The number of hydrogen-bond donors (Lipinski definition) is 2. The Balaban J connectivity index is 1.56. The third-order valence-corrected chi connectivity index (χ3v) is 3.78. The number of carbonyl (C=O) groups is 1. The van der Waals surface area contributed by atoms with E-state index in [1.54, 1.807) is 0 Å². The Morgan fingerprint density at radius 3 is 3.10 bits per heavy atom. The van der Waals surface area contributed by atoms with Crippen LogP contribution >= 0.6 is 0 Å². The fourth-order valence-corrected chi connectivity index (χ4v) is 2.79. The molecule has 1 saturated heterocycles. The van der Waals surface area contributed by atoms with E-state index in [2.05, 4.69) is 5.32 Å². The molecule has 1 fully saturated rings. The summed E-state index contributed by atoms with van der Waals surface area (Å²) in [6.07, 6.45) is 1.06. The molecule has 106 valence electrons. The molecular weight excluding hydrogens is 256 g/mol. The molecular formula is C15H18N2O3. The molecule has 5 heteroatoms. The van der Waals surface area contributed by atoms with Gasteiger partial charge in [-0.3, -0.25) is 0 Å². The van der Waals surface area contributed by atoms with Gasteiger partial charge < -0.3 is 19.7 Å². The van der Waals surface area contributed by atoms with E-state index in [-0.39, 0.29) is 6.04 Å². The molecule has 0 unspecified atom stereocenters. The standard InChI is InChI=1S/C15H18N2O3/c18-15(19)17-7-3-5-12(17)9-16-10-13-8-11-4-1-2-6-14(11)20-13/h1-2,4,6,8,12,16H,3,5,7,9-10H2,(H,18,19)/t12-/m0/s1. The van der Waals surface area contributed by atoms with Gasteiger partial charge >= 0.3 is 6.09 Å². The average molecular weight is 274 g/mol. The summed E-state index contributed by atoms with van der Waals surface area (Å²) in [4.78, 5) is 12.6. The molecule has 1 atom stereocenters. The van der Waals surface area contributed by atoms with Crippen LogP contribution in [0, 0.1) is 0 Å². The molecule has 1 aromatic carbocycles. The highest BCUT2D eigenvalue weighted by molar-refractivity contribution is 5.77. The molecule has 1 aromatic heterocycles. The van der Waals surface area contributed by atoms with E-state index in [9.17, 15) is 4.79 Å². The van der Waals surface area contributed by atoms with Crippen molar-refractivity contribution < 1.29 is 14.3 Å². The molecule has 0 aliphatic carbocycles. The molecule has 20 heavy (non-hydrogen) atoms. The molecule has 1 aliphatic heterocycles. The third kappa shape index (κ3) is 2.63. The summed E-state index contributed by atoms with van der Waals surface area (Å²) < 4.78 is 5.71. The van der Waals surface area contributed by atoms with Gasteiger partial charge in [-0.2, -0.15) is 0 Å². The number of likely N-dealkylation sites (tertiary alicyclic amines) is 1. The molecule has 2 aromatic rings. The zero-order valence-electron chi connectivity index (χ0n) is 11.2. The molecule has 0 bridgehead atoms. The monoisotopic (exact) mass is 274 g/mol. The van der Waals surface area contributed by atoms with Crippen LogP contribution in [0.5, 0.6) is 0 Å². The predicted octanol–water partition coefficient (Wildman–Crippen LogP) is 2.66. The number of para-hydroxylation sites is 1. The minimum absolute atomic E-state index is 0.0804. The van der Waals surface area contributed by atoms with Crippen molar-refractivity contribution in [1.29, 1.82) is 0 Å².